The van der Waals surface area contributed by atoms with Crippen molar-refractivity contribution in [2.45, 2.75) is 26.2 Å². The SMILES string of the molecule is CCC(=O)Nc1ccc(NC(=O)CNc2cccc(NC(=O)CCc3ccccc3)c2)cc1. The Labute approximate surface area is 193 Å². The minimum Gasteiger partial charge on any atom is -0.376 e. The van der Waals surface area contributed by atoms with Crippen molar-refractivity contribution >= 4 is 40.5 Å². The Morgan fingerprint density at radius 2 is 1.24 bits per heavy atom. The Kier molecular flexibility index (Phi) is 8.59. The van der Waals surface area contributed by atoms with Crippen molar-refractivity contribution in [1.82, 2.24) is 0 Å². The Hall–Kier alpha value is -4.13. The molecule has 0 bridgehead atoms. The molecular formula is C26H28N4O3. The number of carbonyl (C=O) groups excluding carboxylic acids is 3. The molecule has 0 unspecified atom stereocenters. The van der Waals surface area contributed by atoms with Gasteiger partial charge in [0.15, 0.2) is 0 Å². The summed E-state index contributed by atoms with van der Waals surface area (Å²) in [5.41, 5.74) is 3.83. The summed E-state index contributed by atoms with van der Waals surface area (Å²) < 4.78 is 0. The van der Waals surface area contributed by atoms with E-state index in [-0.39, 0.29) is 24.3 Å². The molecule has 0 atom stereocenters. The molecule has 0 saturated carbocycles. The fourth-order valence-corrected chi connectivity index (χ4v) is 3.11. The van der Waals surface area contributed by atoms with Crippen molar-refractivity contribution in [3.8, 4) is 0 Å². The topological polar surface area (TPSA) is 99.3 Å². The molecule has 0 heterocycles. The van der Waals surface area contributed by atoms with Crippen molar-refractivity contribution in [3.63, 3.8) is 0 Å². The number of hydrogen-bond donors (Lipinski definition) is 4. The Morgan fingerprint density at radius 3 is 1.91 bits per heavy atom. The van der Waals surface area contributed by atoms with Crippen molar-refractivity contribution < 1.29 is 14.4 Å². The van der Waals surface area contributed by atoms with Crippen LogP contribution in [0.3, 0.4) is 0 Å². The van der Waals surface area contributed by atoms with E-state index in [1.54, 1.807) is 37.3 Å². The maximum absolute atomic E-state index is 12.3. The minimum absolute atomic E-state index is 0.0627. The number of hydrogen-bond acceptors (Lipinski definition) is 4. The first-order valence-corrected chi connectivity index (χ1v) is 10.9. The number of amides is 3. The normalized spacial score (nSPS) is 10.2. The smallest absolute Gasteiger partial charge is 0.243 e. The zero-order valence-electron chi connectivity index (χ0n) is 18.6. The average molecular weight is 445 g/mol. The molecule has 0 aliphatic heterocycles. The van der Waals surface area contributed by atoms with Crippen LogP contribution in [0, 0.1) is 0 Å². The summed E-state index contributed by atoms with van der Waals surface area (Å²) in [6.45, 7) is 1.85. The maximum atomic E-state index is 12.3. The second-order valence-electron chi connectivity index (χ2n) is 7.50. The molecule has 33 heavy (non-hydrogen) atoms. The van der Waals surface area contributed by atoms with E-state index in [0.29, 0.717) is 36.3 Å². The van der Waals surface area contributed by atoms with E-state index >= 15 is 0 Å². The van der Waals surface area contributed by atoms with Crippen LogP contribution in [0.15, 0.2) is 78.9 Å². The van der Waals surface area contributed by atoms with Gasteiger partial charge in [0.2, 0.25) is 17.7 Å². The third-order valence-electron chi connectivity index (χ3n) is 4.86. The third kappa shape index (κ3) is 8.14. The summed E-state index contributed by atoms with van der Waals surface area (Å²) in [5.74, 6) is -0.337. The molecule has 7 heteroatoms. The van der Waals surface area contributed by atoms with E-state index in [0.717, 1.165) is 11.3 Å². The second-order valence-corrected chi connectivity index (χ2v) is 7.50. The molecule has 0 spiro atoms. The highest BCUT2D eigenvalue weighted by Gasteiger charge is 2.06. The number of aryl methyl sites for hydroxylation is 1. The highest BCUT2D eigenvalue weighted by atomic mass is 16.2. The predicted octanol–water partition coefficient (Wildman–Crippen LogP) is 4.66. The number of anilines is 4. The van der Waals surface area contributed by atoms with Gasteiger partial charge in [0.25, 0.3) is 0 Å². The lowest BCUT2D eigenvalue weighted by atomic mass is 10.1. The quantitative estimate of drug-likeness (QED) is 0.366. The molecule has 3 rings (SSSR count). The summed E-state index contributed by atoms with van der Waals surface area (Å²) in [6, 6.07) is 24.1. The number of carbonyl (C=O) groups is 3. The minimum atomic E-state index is -0.211. The van der Waals surface area contributed by atoms with Crippen molar-refractivity contribution in [3.05, 3.63) is 84.4 Å². The molecule has 3 amide bonds. The first-order chi connectivity index (χ1) is 16.0. The first kappa shape index (κ1) is 23.5. The van der Waals surface area contributed by atoms with Gasteiger partial charge in [0, 0.05) is 35.6 Å². The summed E-state index contributed by atoms with van der Waals surface area (Å²) in [4.78, 5) is 35.9. The molecule has 7 nitrogen and oxygen atoms in total. The molecule has 0 fully saturated rings. The van der Waals surface area contributed by atoms with Gasteiger partial charge in [-0.1, -0.05) is 43.3 Å². The summed E-state index contributed by atoms with van der Waals surface area (Å²) >= 11 is 0. The van der Waals surface area contributed by atoms with Crippen LogP contribution in [-0.2, 0) is 20.8 Å². The molecule has 0 aliphatic rings. The van der Waals surface area contributed by atoms with Gasteiger partial charge in [-0.05, 0) is 54.4 Å². The van der Waals surface area contributed by atoms with Crippen LogP contribution < -0.4 is 21.3 Å². The molecule has 0 saturated heterocycles. The van der Waals surface area contributed by atoms with E-state index in [1.165, 1.54) is 0 Å². The Morgan fingerprint density at radius 1 is 0.636 bits per heavy atom. The molecule has 3 aromatic carbocycles. The van der Waals surface area contributed by atoms with E-state index in [2.05, 4.69) is 21.3 Å². The lowest BCUT2D eigenvalue weighted by molar-refractivity contribution is -0.116. The molecule has 170 valence electrons. The largest absolute Gasteiger partial charge is 0.376 e. The van der Waals surface area contributed by atoms with Crippen molar-refractivity contribution in [1.29, 1.82) is 0 Å². The molecule has 0 aliphatic carbocycles. The molecule has 0 radical (unpaired) electrons. The number of nitrogens with one attached hydrogen (secondary N) is 4. The van der Waals surface area contributed by atoms with Gasteiger partial charge in [-0.25, -0.2) is 0 Å². The van der Waals surface area contributed by atoms with Crippen LogP contribution in [0.1, 0.15) is 25.3 Å². The van der Waals surface area contributed by atoms with E-state index in [9.17, 15) is 14.4 Å². The van der Waals surface area contributed by atoms with Crippen molar-refractivity contribution in [2.24, 2.45) is 0 Å². The predicted molar refractivity (Wildman–Crippen MR) is 132 cm³/mol. The average Bonchev–Trinajstić information content (AvgIpc) is 2.83. The monoisotopic (exact) mass is 444 g/mol. The van der Waals surface area contributed by atoms with Gasteiger partial charge >= 0.3 is 0 Å². The van der Waals surface area contributed by atoms with Crippen LogP contribution in [0.25, 0.3) is 0 Å². The second kappa shape index (κ2) is 12.0. The van der Waals surface area contributed by atoms with Crippen LogP contribution in [-0.4, -0.2) is 24.3 Å². The zero-order chi connectivity index (χ0) is 23.5. The number of rotatable bonds is 10. The van der Waals surface area contributed by atoms with Gasteiger partial charge in [-0.15, -0.1) is 0 Å². The van der Waals surface area contributed by atoms with Gasteiger partial charge in [-0.2, -0.15) is 0 Å². The van der Waals surface area contributed by atoms with Gasteiger partial charge in [0.05, 0.1) is 6.54 Å². The van der Waals surface area contributed by atoms with E-state index in [1.807, 2.05) is 48.5 Å². The standard InChI is InChI=1S/C26H28N4O3/c1-2-24(31)28-20-12-14-21(15-13-20)29-26(33)18-27-22-9-6-10-23(17-22)30-25(32)16-11-19-7-4-3-5-8-19/h3-10,12-15,17,27H,2,11,16,18H2,1H3,(H,28,31)(H,29,33)(H,30,32). The Bertz CT molecular complexity index is 1080. The van der Waals surface area contributed by atoms with E-state index in [4.69, 9.17) is 0 Å². The summed E-state index contributed by atoms with van der Waals surface area (Å²) in [6.07, 6.45) is 1.48. The highest BCUT2D eigenvalue weighted by Crippen LogP contribution is 2.17. The lowest BCUT2D eigenvalue weighted by Crippen LogP contribution is -2.21. The van der Waals surface area contributed by atoms with Crippen molar-refractivity contribution in [2.75, 3.05) is 27.8 Å². The lowest BCUT2D eigenvalue weighted by Gasteiger charge is -2.11. The molecule has 3 aromatic rings. The number of benzene rings is 3. The molecule has 0 aromatic heterocycles. The molecule has 4 N–H and O–H groups in total. The zero-order valence-corrected chi connectivity index (χ0v) is 18.6. The Balaban J connectivity index is 1.44. The first-order valence-electron chi connectivity index (χ1n) is 10.9. The fourth-order valence-electron chi connectivity index (χ4n) is 3.11. The van der Waals surface area contributed by atoms with Crippen LogP contribution in [0.2, 0.25) is 0 Å². The van der Waals surface area contributed by atoms with Crippen LogP contribution in [0.5, 0.6) is 0 Å². The fraction of sp³-hybridized carbons (Fsp3) is 0.192. The van der Waals surface area contributed by atoms with Crippen LogP contribution >= 0.6 is 0 Å². The van der Waals surface area contributed by atoms with Crippen LogP contribution in [0.4, 0.5) is 22.7 Å². The third-order valence-corrected chi connectivity index (χ3v) is 4.86. The maximum Gasteiger partial charge on any atom is 0.243 e. The van der Waals surface area contributed by atoms with Gasteiger partial charge in [-0.3, -0.25) is 14.4 Å². The summed E-state index contributed by atoms with van der Waals surface area (Å²) in [5, 5.41) is 11.5. The van der Waals surface area contributed by atoms with Gasteiger partial charge in [0.1, 0.15) is 0 Å². The summed E-state index contributed by atoms with van der Waals surface area (Å²) in [7, 11) is 0. The van der Waals surface area contributed by atoms with E-state index < -0.39 is 0 Å². The van der Waals surface area contributed by atoms with Gasteiger partial charge < -0.3 is 21.3 Å². The highest BCUT2D eigenvalue weighted by molar-refractivity contribution is 5.95. The molecular weight excluding hydrogens is 416 g/mol.